The van der Waals surface area contributed by atoms with E-state index in [1.807, 2.05) is 0 Å². The first kappa shape index (κ1) is 12.5. The van der Waals surface area contributed by atoms with Crippen LogP contribution in [0.3, 0.4) is 0 Å². The highest BCUT2D eigenvalue weighted by Gasteiger charge is 2.19. The average molecular weight is 223 g/mol. The molecule has 1 aliphatic rings. The molecule has 0 saturated heterocycles. The van der Waals surface area contributed by atoms with E-state index in [0.717, 1.165) is 25.0 Å². The number of rotatable bonds is 5. The van der Waals surface area contributed by atoms with E-state index in [-0.39, 0.29) is 5.92 Å². The number of oxime groups is 1. The van der Waals surface area contributed by atoms with E-state index in [1.165, 1.54) is 7.11 Å². The number of unbranched alkanes of at least 4 members (excludes halogenated alkanes) is 1. The highest BCUT2D eigenvalue weighted by atomic mass is 16.6. The van der Waals surface area contributed by atoms with Gasteiger partial charge in [-0.2, -0.15) is 0 Å². The molecule has 4 heteroatoms. The first-order valence-corrected chi connectivity index (χ1v) is 5.43. The maximum Gasteiger partial charge on any atom is 0.335 e. The smallest absolute Gasteiger partial charge is 0.335 e. The predicted octanol–water partition coefficient (Wildman–Crippen LogP) is 2.38. The van der Waals surface area contributed by atoms with Crippen LogP contribution in [-0.2, 0) is 9.63 Å². The molecule has 1 unspecified atom stereocenters. The maximum atomic E-state index is 10.8. The number of allylic oxidation sites excluding steroid dienone is 2. The Morgan fingerprint density at radius 1 is 1.56 bits per heavy atom. The summed E-state index contributed by atoms with van der Waals surface area (Å²) in [6, 6.07) is 0. The molecule has 0 aromatic rings. The summed E-state index contributed by atoms with van der Waals surface area (Å²) in [5.74, 6) is -0.842. The number of nitrogens with zero attached hydrogens (tertiary/aromatic N) is 1. The molecule has 0 spiro atoms. The highest BCUT2D eigenvalue weighted by molar-refractivity contribution is 6.03. The van der Waals surface area contributed by atoms with E-state index in [0.29, 0.717) is 5.57 Å². The molecule has 0 aromatic carbocycles. The zero-order valence-corrected chi connectivity index (χ0v) is 9.64. The molecule has 1 rings (SSSR count). The minimum Gasteiger partial charge on any atom is -0.478 e. The lowest BCUT2D eigenvalue weighted by Gasteiger charge is -2.16. The van der Waals surface area contributed by atoms with Crippen molar-refractivity contribution in [2.45, 2.75) is 26.2 Å². The molecular formula is C12H17NO3. The SMILES string of the molecule is CCCCC1C=C(C(=O)O)C=CC1=NOC. The summed E-state index contributed by atoms with van der Waals surface area (Å²) < 4.78 is 0. The van der Waals surface area contributed by atoms with Gasteiger partial charge in [-0.1, -0.05) is 31.0 Å². The van der Waals surface area contributed by atoms with Gasteiger partial charge in [0.25, 0.3) is 0 Å². The standard InChI is InChI=1S/C12H17NO3/c1-3-4-5-9-8-10(12(14)15)6-7-11(9)13-16-2/h6-9H,3-5H2,1-2H3,(H,14,15). The molecule has 1 aliphatic carbocycles. The maximum absolute atomic E-state index is 10.8. The van der Waals surface area contributed by atoms with Gasteiger partial charge < -0.3 is 9.94 Å². The largest absolute Gasteiger partial charge is 0.478 e. The van der Waals surface area contributed by atoms with Crippen LogP contribution >= 0.6 is 0 Å². The van der Waals surface area contributed by atoms with E-state index in [9.17, 15) is 4.79 Å². The van der Waals surface area contributed by atoms with E-state index >= 15 is 0 Å². The Labute approximate surface area is 95.3 Å². The van der Waals surface area contributed by atoms with Crippen LogP contribution in [0.4, 0.5) is 0 Å². The van der Waals surface area contributed by atoms with Gasteiger partial charge in [0.1, 0.15) is 7.11 Å². The van der Waals surface area contributed by atoms with Crippen LogP contribution in [-0.4, -0.2) is 23.9 Å². The fraction of sp³-hybridized carbons (Fsp3) is 0.500. The molecule has 1 atom stereocenters. The Kier molecular flexibility index (Phi) is 4.76. The van der Waals surface area contributed by atoms with Crippen molar-refractivity contribution in [3.05, 3.63) is 23.8 Å². The molecule has 4 nitrogen and oxygen atoms in total. The van der Waals surface area contributed by atoms with Crippen LogP contribution in [0.5, 0.6) is 0 Å². The van der Waals surface area contributed by atoms with Gasteiger partial charge in [-0.3, -0.25) is 0 Å². The predicted molar refractivity (Wildman–Crippen MR) is 62.3 cm³/mol. The van der Waals surface area contributed by atoms with Crippen LogP contribution < -0.4 is 0 Å². The molecule has 0 saturated carbocycles. The molecule has 0 bridgehead atoms. The van der Waals surface area contributed by atoms with Crippen molar-refractivity contribution in [1.82, 2.24) is 0 Å². The van der Waals surface area contributed by atoms with Gasteiger partial charge in [-0.05, 0) is 18.6 Å². The number of carboxylic acids is 1. The quantitative estimate of drug-likeness (QED) is 0.728. The molecule has 0 aliphatic heterocycles. The summed E-state index contributed by atoms with van der Waals surface area (Å²) in [6.45, 7) is 2.10. The van der Waals surface area contributed by atoms with Gasteiger partial charge in [0.05, 0.1) is 11.3 Å². The summed E-state index contributed by atoms with van der Waals surface area (Å²) in [4.78, 5) is 15.6. The molecule has 0 aromatic heterocycles. The minimum absolute atomic E-state index is 0.0519. The lowest BCUT2D eigenvalue weighted by Crippen LogP contribution is -2.16. The Bertz CT molecular complexity index is 342. The zero-order chi connectivity index (χ0) is 12.0. The fourth-order valence-electron chi connectivity index (χ4n) is 1.66. The number of hydrogen-bond donors (Lipinski definition) is 1. The Hall–Kier alpha value is -1.58. The van der Waals surface area contributed by atoms with Gasteiger partial charge in [-0.15, -0.1) is 0 Å². The molecule has 88 valence electrons. The van der Waals surface area contributed by atoms with Crippen LogP contribution in [0, 0.1) is 5.92 Å². The molecule has 0 fully saturated rings. The summed E-state index contributed by atoms with van der Waals surface area (Å²) in [6.07, 6.45) is 8.05. The number of carbonyl (C=O) groups is 1. The third-order valence-corrected chi connectivity index (χ3v) is 2.51. The van der Waals surface area contributed by atoms with Crippen LogP contribution in [0.25, 0.3) is 0 Å². The number of aliphatic carboxylic acids is 1. The zero-order valence-electron chi connectivity index (χ0n) is 9.64. The van der Waals surface area contributed by atoms with Crippen LogP contribution in [0.15, 0.2) is 29.0 Å². The lowest BCUT2D eigenvalue weighted by atomic mass is 9.90. The van der Waals surface area contributed by atoms with Crippen molar-refractivity contribution in [3.63, 3.8) is 0 Å². The van der Waals surface area contributed by atoms with Crippen molar-refractivity contribution < 1.29 is 14.7 Å². The summed E-state index contributed by atoms with van der Waals surface area (Å²) in [7, 11) is 1.49. The summed E-state index contributed by atoms with van der Waals surface area (Å²) in [5.41, 5.74) is 1.12. The number of hydrogen-bond acceptors (Lipinski definition) is 3. The van der Waals surface area contributed by atoms with Gasteiger partial charge in [0.2, 0.25) is 0 Å². The van der Waals surface area contributed by atoms with Gasteiger partial charge in [0.15, 0.2) is 0 Å². The van der Waals surface area contributed by atoms with Gasteiger partial charge >= 0.3 is 5.97 Å². The molecule has 1 N–H and O–H groups in total. The fourth-order valence-corrected chi connectivity index (χ4v) is 1.66. The van der Waals surface area contributed by atoms with Gasteiger partial charge in [-0.25, -0.2) is 4.79 Å². The second-order valence-electron chi connectivity index (χ2n) is 3.71. The van der Waals surface area contributed by atoms with E-state index in [1.54, 1.807) is 18.2 Å². The molecule has 0 radical (unpaired) electrons. The monoisotopic (exact) mass is 223 g/mol. The third-order valence-electron chi connectivity index (χ3n) is 2.51. The normalized spacial score (nSPS) is 22.0. The second kappa shape index (κ2) is 6.10. The van der Waals surface area contributed by atoms with E-state index in [2.05, 4.69) is 12.1 Å². The van der Waals surface area contributed by atoms with Crippen LogP contribution in [0.2, 0.25) is 0 Å². The Balaban J connectivity index is 2.82. The molecule has 0 heterocycles. The van der Waals surface area contributed by atoms with Crippen molar-refractivity contribution in [3.8, 4) is 0 Å². The topological polar surface area (TPSA) is 58.9 Å². The first-order chi connectivity index (χ1) is 7.69. The third kappa shape index (κ3) is 3.22. The highest BCUT2D eigenvalue weighted by Crippen LogP contribution is 2.20. The van der Waals surface area contributed by atoms with Crippen molar-refractivity contribution in [2.24, 2.45) is 11.1 Å². The second-order valence-corrected chi connectivity index (χ2v) is 3.71. The molecular weight excluding hydrogens is 206 g/mol. The Morgan fingerprint density at radius 2 is 2.31 bits per heavy atom. The van der Waals surface area contributed by atoms with Crippen LogP contribution in [0.1, 0.15) is 26.2 Å². The van der Waals surface area contributed by atoms with Gasteiger partial charge in [0, 0.05) is 5.92 Å². The average Bonchev–Trinajstić information content (AvgIpc) is 2.27. The summed E-state index contributed by atoms with van der Waals surface area (Å²) >= 11 is 0. The summed E-state index contributed by atoms with van der Waals surface area (Å²) in [5, 5.41) is 12.8. The minimum atomic E-state index is -0.894. The molecule has 0 amide bonds. The van der Waals surface area contributed by atoms with Crippen molar-refractivity contribution in [2.75, 3.05) is 7.11 Å². The lowest BCUT2D eigenvalue weighted by molar-refractivity contribution is -0.132. The Morgan fingerprint density at radius 3 is 2.88 bits per heavy atom. The number of carboxylic acid groups (broad SMARTS) is 1. The molecule has 16 heavy (non-hydrogen) atoms. The van der Waals surface area contributed by atoms with Crippen molar-refractivity contribution in [1.29, 1.82) is 0 Å². The van der Waals surface area contributed by atoms with E-state index in [4.69, 9.17) is 9.94 Å². The van der Waals surface area contributed by atoms with E-state index < -0.39 is 5.97 Å². The van der Waals surface area contributed by atoms with Crippen molar-refractivity contribution >= 4 is 11.7 Å². The first-order valence-electron chi connectivity index (χ1n) is 5.43.